The summed E-state index contributed by atoms with van der Waals surface area (Å²) in [6.07, 6.45) is 0. The van der Waals surface area contributed by atoms with Crippen LogP contribution in [0.2, 0.25) is 0 Å². The van der Waals surface area contributed by atoms with Gasteiger partial charge in [0.15, 0.2) is 5.13 Å². The summed E-state index contributed by atoms with van der Waals surface area (Å²) in [6, 6.07) is 6.38. The fourth-order valence-corrected chi connectivity index (χ4v) is 3.19. The Morgan fingerprint density at radius 1 is 1.25 bits per heavy atom. The van der Waals surface area contributed by atoms with Crippen LogP contribution in [0.15, 0.2) is 18.2 Å². The molecule has 104 valence electrons. The van der Waals surface area contributed by atoms with Crippen molar-refractivity contribution in [3.8, 4) is 0 Å². The lowest BCUT2D eigenvalue weighted by molar-refractivity contribution is 0.730. The first kappa shape index (κ1) is 13.1. The maximum absolute atomic E-state index is 4.63. The highest BCUT2D eigenvalue weighted by atomic mass is 32.1. The quantitative estimate of drug-likeness (QED) is 0.800. The number of aryl methyl sites for hydroxylation is 3. The number of thiazole rings is 1. The maximum atomic E-state index is 4.63. The fourth-order valence-electron chi connectivity index (χ4n) is 2.35. The number of anilines is 1. The SMILES string of the molecule is Cc1ccc2sc(NCc3c(C)nn(C)c3C)nc2c1. The van der Waals surface area contributed by atoms with Gasteiger partial charge >= 0.3 is 0 Å². The average molecular weight is 286 g/mol. The number of nitrogens with one attached hydrogen (secondary N) is 1. The average Bonchev–Trinajstić information content (AvgIpc) is 2.89. The van der Waals surface area contributed by atoms with Crippen molar-refractivity contribution in [2.45, 2.75) is 27.3 Å². The van der Waals surface area contributed by atoms with E-state index in [9.17, 15) is 0 Å². The Balaban J connectivity index is 1.83. The van der Waals surface area contributed by atoms with Crippen molar-refractivity contribution >= 4 is 26.7 Å². The topological polar surface area (TPSA) is 42.7 Å². The number of nitrogens with zero attached hydrogens (tertiary/aromatic N) is 3. The second-order valence-corrected chi connectivity index (χ2v) is 6.15. The fraction of sp³-hybridized carbons (Fsp3) is 0.333. The number of benzene rings is 1. The Labute approximate surface area is 122 Å². The third kappa shape index (κ3) is 2.29. The van der Waals surface area contributed by atoms with E-state index >= 15 is 0 Å². The van der Waals surface area contributed by atoms with Gasteiger partial charge in [0, 0.05) is 24.8 Å². The summed E-state index contributed by atoms with van der Waals surface area (Å²) in [5.74, 6) is 0. The molecule has 0 atom stereocenters. The van der Waals surface area contributed by atoms with Crippen LogP contribution in [0.3, 0.4) is 0 Å². The van der Waals surface area contributed by atoms with E-state index in [1.54, 1.807) is 11.3 Å². The molecule has 0 unspecified atom stereocenters. The van der Waals surface area contributed by atoms with Crippen molar-refractivity contribution in [3.63, 3.8) is 0 Å². The van der Waals surface area contributed by atoms with Gasteiger partial charge in [-0.2, -0.15) is 5.10 Å². The van der Waals surface area contributed by atoms with Crippen LogP contribution in [0.25, 0.3) is 10.2 Å². The lowest BCUT2D eigenvalue weighted by Gasteiger charge is -2.03. The Hall–Kier alpha value is -1.88. The van der Waals surface area contributed by atoms with E-state index in [-0.39, 0.29) is 0 Å². The van der Waals surface area contributed by atoms with E-state index < -0.39 is 0 Å². The third-order valence-corrected chi connectivity index (χ3v) is 4.61. The molecule has 4 nitrogen and oxygen atoms in total. The number of hydrogen-bond donors (Lipinski definition) is 1. The van der Waals surface area contributed by atoms with Crippen molar-refractivity contribution in [1.29, 1.82) is 0 Å². The molecular weight excluding hydrogens is 268 g/mol. The molecule has 2 heterocycles. The van der Waals surface area contributed by atoms with E-state index in [1.807, 2.05) is 18.7 Å². The molecule has 1 N–H and O–H groups in total. The van der Waals surface area contributed by atoms with E-state index in [0.717, 1.165) is 22.9 Å². The minimum absolute atomic E-state index is 0.768. The van der Waals surface area contributed by atoms with Gasteiger partial charge in [-0.3, -0.25) is 4.68 Å². The monoisotopic (exact) mass is 286 g/mol. The Morgan fingerprint density at radius 3 is 2.75 bits per heavy atom. The Kier molecular flexibility index (Phi) is 3.22. The third-order valence-electron chi connectivity index (χ3n) is 3.62. The van der Waals surface area contributed by atoms with Gasteiger partial charge in [-0.05, 0) is 38.5 Å². The predicted molar refractivity (Wildman–Crippen MR) is 84.4 cm³/mol. The molecule has 3 rings (SSSR count). The second kappa shape index (κ2) is 4.90. The van der Waals surface area contributed by atoms with E-state index in [4.69, 9.17) is 0 Å². The summed E-state index contributed by atoms with van der Waals surface area (Å²) in [6.45, 7) is 7.00. The van der Waals surface area contributed by atoms with Gasteiger partial charge in [0.25, 0.3) is 0 Å². The van der Waals surface area contributed by atoms with Gasteiger partial charge in [-0.1, -0.05) is 17.4 Å². The maximum Gasteiger partial charge on any atom is 0.184 e. The first-order valence-electron chi connectivity index (χ1n) is 6.65. The van der Waals surface area contributed by atoms with Gasteiger partial charge in [0.05, 0.1) is 15.9 Å². The molecule has 0 saturated heterocycles. The van der Waals surface area contributed by atoms with Crippen LogP contribution in [0.1, 0.15) is 22.5 Å². The van der Waals surface area contributed by atoms with Crippen molar-refractivity contribution in [3.05, 3.63) is 40.7 Å². The molecule has 0 amide bonds. The van der Waals surface area contributed by atoms with E-state index in [1.165, 1.54) is 21.5 Å². The van der Waals surface area contributed by atoms with Crippen molar-refractivity contribution < 1.29 is 0 Å². The summed E-state index contributed by atoms with van der Waals surface area (Å²) in [7, 11) is 1.98. The standard InChI is InChI=1S/C15H18N4S/c1-9-5-6-14-13(7-9)17-15(20-14)16-8-12-10(2)18-19(4)11(12)3/h5-7H,8H2,1-4H3,(H,16,17). The highest BCUT2D eigenvalue weighted by Crippen LogP contribution is 2.27. The predicted octanol–water partition coefficient (Wildman–Crippen LogP) is 3.57. The number of rotatable bonds is 3. The zero-order chi connectivity index (χ0) is 14.3. The zero-order valence-corrected chi connectivity index (χ0v) is 13.0. The normalized spacial score (nSPS) is 11.2. The second-order valence-electron chi connectivity index (χ2n) is 5.12. The number of aromatic nitrogens is 3. The molecule has 3 aromatic rings. The largest absolute Gasteiger partial charge is 0.357 e. The first-order chi connectivity index (χ1) is 9.54. The number of hydrogen-bond acceptors (Lipinski definition) is 4. The highest BCUT2D eigenvalue weighted by molar-refractivity contribution is 7.22. The van der Waals surface area contributed by atoms with Crippen molar-refractivity contribution in [1.82, 2.24) is 14.8 Å². The van der Waals surface area contributed by atoms with Crippen molar-refractivity contribution in [2.75, 3.05) is 5.32 Å². The van der Waals surface area contributed by atoms with Gasteiger partial charge in [0.2, 0.25) is 0 Å². The molecule has 0 aliphatic carbocycles. The van der Waals surface area contributed by atoms with Gasteiger partial charge in [-0.25, -0.2) is 4.98 Å². The van der Waals surface area contributed by atoms with Crippen LogP contribution in [0, 0.1) is 20.8 Å². The highest BCUT2D eigenvalue weighted by Gasteiger charge is 2.10. The molecule has 0 spiro atoms. The molecule has 20 heavy (non-hydrogen) atoms. The molecule has 5 heteroatoms. The Morgan fingerprint density at radius 2 is 2.05 bits per heavy atom. The van der Waals surface area contributed by atoms with Crippen LogP contribution >= 0.6 is 11.3 Å². The molecule has 1 aromatic carbocycles. The number of fused-ring (bicyclic) bond motifs is 1. The van der Waals surface area contributed by atoms with Crippen LogP contribution in [0.5, 0.6) is 0 Å². The minimum Gasteiger partial charge on any atom is -0.357 e. The van der Waals surface area contributed by atoms with Crippen LogP contribution in [0.4, 0.5) is 5.13 Å². The first-order valence-corrected chi connectivity index (χ1v) is 7.46. The van der Waals surface area contributed by atoms with Gasteiger partial charge in [-0.15, -0.1) is 0 Å². The molecule has 0 saturated carbocycles. The van der Waals surface area contributed by atoms with E-state index in [0.29, 0.717) is 0 Å². The molecule has 0 radical (unpaired) electrons. The summed E-state index contributed by atoms with van der Waals surface area (Å²) >= 11 is 1.69. The molecule has 0 aliphatic heterocycles. The van der Waals surface area contributed by atoms with Crippen molar-refractivity contribution in [2.24, 2.45) is 7.05 Å². The molecule has 0 bridgehead atoms. The zero-order valence-electron chi connectivity index (χ0n) is 12.2. The Bertz CT molecular complexity index is 770. The lowest BCUT2D eigenvalue weighted by atomic mass is 10.2. The molecular formula is C15H18N4S. The van der Waals surface area contributed by atoms with Crippen LogP contribution in [-0.2, 0) is 13.6 Å². The van der Waals surface area contributed by atoms with Crippen LogP contribution in [-0.4, -0.2) is 14.8 Å². The van der Waals surface area contributed by atoms with Crippen LogP contribution < -0.4 is 5.32 Å². The molecule has 0 fully saturated rings. The summed E-state index contributed by atoms with van der Waals surface area (Å²) in [5, 5.41) is 8.82. The molecule has 2 aromatic heterocycles. The summed E-state index contributed by atoms with van der Waals surface area (Å²) in [4.78, 5) is 4.63. The van der Waals surface area contributed by atoms with Gasteiger partial charge in [0.1, 0.15) is 0 Å². The van der Waals surface area contributed by atoms with Gasteiger partial charge < -0.3 is 5.32 Å². The smallest absolute Gasteiger partial charge is 0.184 e. The molecule has 0 aliphatic rings. The van der Waals surface area contributed by atoms with E-state index in [2.05, 4.69) is 47.4 Å². The summed E-state index contributed by atoms with van der Waals surface area (Å²) < 4.78 is 3.14. The minimum atomic E-state index is 0.768. The summed E-state index contributed by atoms with van der Waals surface area (Å²) in [5.41, 5.74) is 5.84. The lowest BCUT2D eigenvalue weighted by Crippen LogP contribution is -2.01.